The Morgan fingerprint density at radius 1 is 1.00 bits per heavy atom. The number of aliphatic hydroxyl groups is 2. The van der Waals surface area contributed by atoms with Gasteiger partial charge in [-0.3, -0.25) is 0 Å². The van der Waals surface area contributed by atoms with E-state index in [2.05, 4.69) is 0 Å². The summed E-state index contributed by atoms with van der Waals surface area (Å²) in [5.74, 6) is 0.769. The monoisotopic (exact) mass is 130 g/mol. The lowest BCUT2D eigenvalue weighted by atomic mass is 9.98. The minimum absolute atomic E-state index is 0.255. The van der Waals surface area contributed by atoms with Crippen molar-refractivity contribution in [2.45, 2.75) is 19.3 Å². The summed E-state index contributed by atoms with van der Waals surface area (Å²) in [6.45, 7) is 0.510. The molecule has 2 atom stereocenters. The fourth-order valence-electron chi connectivity index (χ4n) is 1.59. The molecule has 0 saturated heterocycles. The molecule has 0 heterocycles. The number of hydrogen-bond acceptors (Lipinski definition) is 2. The van der Waals surface area contributed by atoms with Gasteiger partial charge in [-0.15, -0.1) is 0 Å². The average Bonchev–Trinajstić information content (AvgIpc) is 2.33. The van der Waals surface area contributed by atoms with Crippen molar-refractivity contribution in [3.8, 4) is 0 Å². The second kappa shape index (κ2) is 3.18. The largest absolute Gasteiger partial charge is 0.396 e. The van der Waals surface area contributed by atoms with Crippen LogP contribution in [-0.2, 0) is 0 Å². The number of rotatable bonds is 2. The summed E-state index contributed by atoms with van der Waals surface area (Å²) in [6.07, 6.45) is 3.37. The van der Waals surface area contributed by atoms with Crippen LogP contribution in [0.4, 0.5) is 0 Å². The first-order valence-electron chi connectivity index (χ1n) is 3.60. The third-order valence-electron chi connectivity index (χ3n) is 2.29. The number of hydrogen-bond donors (Lipinski definition) is 2. The minimum atomic E-state index is 0.255. The Bertz CT molecular complexity index is 73.0. The minimum Gasteiger partial charge on any atom is -0.396 e. The van der Waals surface area contributed by atoms with Gasteiger partial charge in [0.25, 0.3) is 0 Å². The Balaban J connectivity index is 2.32. The Kier molecular flexibility index (Phi) is 2.49. The van der Waals surface area contributed by atoms with Crippen LogP contribution >= 0.6 is 0 Å². The highest BCUT2D eigenvalue weighted by Crippen LogP contribution is 2.30. The van der Waals surface area contributed by atoms with Crippen LogP contribution in [0.25, 0.3) is 0 Å². The van der Waals surface area contributed by atoms with Crippen molar-refractivity contribution in [3.05, 3.63) is 0 Å². The van der Waals surface area contributed by atoms with E-state index < -0.39 is 0 Å². The van der Waals surface area contributed by atoms with Crippen molar-refractivity contribution in [3.63, 3.8) is 0 Å². The molecule has 2 N–H and O–H groups in total. The van der Waals surface area contributed by atoms with Crippen LogP contribution in [0.1, 0.15) is 19.3 Å². The van der Waals surface area contributed by atoms with Crippen molar-refractivity contribution in [1.29, 1.82) is 0 Å². The Morgan fingerprint density at radius 2 is 1.44 bits per heavy atom. The van der Waals surface area contributed by atoms with Gasteiger partial charge in [0.05, 0.1) is 0 Å². The van der Waals surface area contributed by atoms with Crippen molar-refractivity contribution in [2.24, 2.45) is 11.8 Å². The molecule has 0 aromatic carbocycles. The lowest BCUT2D eigenvalue weighted by Crippen LogP contribution is -2.15. The molecule has 2 heteroatoms. The Labute approximate surface area is 55.5 Å². The maximum atomic E-state index is 8.76. The van der Waals surface area contributed by atoms with E-state index in [1.165, 1.54) is 6.42 Å². The van der Waals surface area contributed by atoms with Crippen LogP contribution in [0.2, 0.25) is 0 Å². The summed E-state index contributed by atoms with van der Waals surface area (Å²) in [7, 11) is 0. The summed E-state index contributed by atoms with van der Waals surface area (Å²) in [4.78, 5) is 0. The molecule has 1 rings (SSSR count). The van der Waals surface area contributed by atoms with E-state index in [9.17, 15) is 0 Å². The van der Waals surface area contributed by atoms with Crippen LogP contribution in [0.15, 0.2) is 0 Å². The molecular formula is C7H14O2. The lowest BCUT2D eigenvalue weighted by molar-refractivity contribution is 0.141. The SMILES string of the molecule is OC[C@H]1CCC[C@@H]1CO. The highest BCUT2D eigenvalue weighted by molar-refractivity contribution is 4.75. The third kappa shape index (κ3) is 1.43. The molecule has 0 radical (unpaired) electrons. The quantitative estimate of drug-likeness (QED) is 0.567. The molecule has 2 nitrogen and oxygen atoms in total. The zero-order valence-electron chi connectivity index (χ0n) is 5.58. The lowest BCUT2D eigenvalue weighted by Gasteiger charge is -2.12. The Morgan fingerprint density at radius 3 is 1.78 bits per heavy atom. The fourth-order valence-corrected chi connectivity index (χ4v) is 1.59. The first-order chi connectivity index (χ1) is 4.38. The molecule has 54 valence electrons. The second-order valence-corrected chi connectivity index (χ2v) is 2.82. The first kappa shape index (κ1) is 7.03. The van der Waals surface area contributed by atoms with Crippen molar-refractivity contribution in [2.75, 3.05) is 13.2 Å². The molecule has 1 aliphatic carbocycles. The standard InChI is InChI=1S/C7H14O2/c8-4-6-2-1-3-7(6)5-9/h6-9H,1-5H2/t6-,7-/m1/s1. The van der Waals surface area contributed by atoms with Crippen LogP contribution in [-0.4, -0.2) is 23.4 Å². The molecule has 0 amide bonds. The van der Waals surface area contributed by atoms with Gasteiger partial charge >= 0.3 is 0 Å². The molecule has 1 aliphatic rings. The predicted octanol–water partition coefficient (Wildman–Crippen LogP) is 0.387. The molecule has 0 bridgehead atoms. The van der Waals surface area contributed by atoms with E-state index >= 15 is 0 Å². The van der Waals surface area contributed by atoms with Crippen LogP contribution in [0.5, 0.6) is 0 Å². The summed E-state index contributed by atoms with van der Waals surface area (Å²) < 4.78 is 0. The van der Waals surface area contributed by atoms with E-state index in [1.807, 2.05) is 0 Å². The maximum Gasteiger partial charge on any atom is 0.0462 e. The molecule has 0 aromatic rings. The van der Waals surface area contributed by atoms with Crippen molar-refractivity contribution in [1.82, 2.24) is 0 Å². The van der Waals surface area contributed by atoms with E-state index in [-0.39, 0.29) is 13.2 Å². The van der Waals surface area contributed by atoms with Gasteiger partial charge in [0.2, 0.25) is 0 Å². The van der Waals surface area contributed by atoms with Crippen LogP contribution < -0.4 is 0 Å². The maximum absolute atomic E-state index is 8.76. The van der Waals surface area contributed by atoms with Gasteiger partial charge in [-0.05, 0) is 24.7 Å². The normalized spacial score (nSPS) is 35.3. The van der Waals surface area contributed by atoms with E-state index in [0.717, 1.165) is 12.8 Å². The predicted molar refractivity (Wildman–Crippen MR) is 35.0 cm³/mol. The summed E-state index contributed by atoms with van der Waals surface area (Å²) in [5, 5.41) is 17.5. The summed E-state index contributed by atoms with van der Waals surface area (Å²) >= 11 is 0. The smallest absolute Gasteiger partial charge is 0.0462 e. The van der Waals surface area contributed by atoms with E-state index in [1.54, 1.807) is 0 Å². The van der Waals surface area contributed by atoms with Gasteiger partial charge in [0, 0.05) is 13.2 Å². The zero-order valence-corrected chi connectivity index (χ0v) is 5.58. The first-order valence-corrected chi connectivity index (χ1v) is 3.60. The van der Waals surface area contributed by atoms with Gasteiger partial charge < -0.3 is 10.2 Å². The molecular weight excluding hydrogens is 116 g/mol. The van der Waals surface area contributed by atoms with Crippen LogP contribution in [0, 0.1) is 11.8 Å². The van der Waals surface area contributed by atoms with Gasteiger partial charge in [-0.1, -0.05) is 6.42 Å². The molecule has 9 heavy (non-hydrogen) atoms. The third-order valence-corrected chi connectivity index (χ3v) is 2.29. The van der Waals surface area contributed by atoms with E-state index in [0.29, 0.717) is 11.8 Å². The fraction of sp³-hybridized carbons (Fsp3) is 1.00. The molecule has 0 unspecified atom stereocenters. The molecule has 1 fully saturated rings. The highest BCUT2D eigenvalue weighted by Gasteiger charge is 2.25. The highest BCUT2D eigenvalue weighted by atomic mass is 16.3. The van der Waals surface area contributed by atoms with Crippen molar-refractivity contribution >= 4 is 0 Å². The molecule has 0 aliphatic heterocycles. The summed E-state index contributed by atoms with van der Waals surface area (Å²) in [6, 6.07) is 0. The van der Waals surface area contributed by atoms with Gasteiger partial charge in [-0.25, -0.2) is 0 Å². The van der Waals surface area contributed by atoms with Crippen molar-refractivity contribution < 1.29 is 10.2 Å². The molecule has 1 saturated carbocycles. The topological polar surface area (TPSA) is 40.5 Å². The van der Waals surface area contributed by atoms with Crippen LogP contribution in [0.3, 0.4) is 0 Å². The summed E-state index contributed by atoms with van der Waals surface area (Å²) in [5.41, 5.74) is 0. The second-order valence-electron chi connectivity index (χ2n) is 2.82. The molecule has 0 aromatic heterocycles. The zero-order chi connectivity index (χ0) is 6.69. The molecule has 0 spiro atoms. The van der Waals surface area contributed by atoms with Gasteiger partial charge in [-0.2, -0.15) is 0 Å². The van der Waals surface area contributed by atoms with Gasteiger partial charge in [0.15, 0.2) is 0 Å². The van der Waals surface area contributed by atoms with E-state index in [4.69, 9.17) is 10.2 Å². The average molecular weight is 130 g/mol. The van der Waals surface area contributed by atoms with Gasteiger partial charge in [0.1, 0.15) is 0 Å². The number of aliphatic hydroxyl groups excluding tert-OH is 2. The Hall–Kier alpha value is -0.0800.